The molecule has 0 aliphatic heterocycles. The second kappa shape index (κ2) is 7.43. The Hall–Kier alpha value is -3.45. The number of hydrogen-bond acceptors (Lipinski definition) is 5. The van der Waals surface area contributed by atoms with Crippen molar-refractivity contribution in [2.24, 2.45) is 5.73 Å². The summed E-state index contributed by atoms with van der Waals surface area (Å²) in [7, 11) is 0. The van der Waals surface area contributed by atoms with Gasteiger partial charge in [-0.25, -0.2) is 4.98 Å². The summed E-state index contributed by atoms with van der Waals surface area (Å²) in [6.45, 7) is 0.295. The van der Waals surface area contributed by atoms with Gasteiger partial charge in [0.15, 0.2) is 5.65 Å². The van der Waals surface area contributed by atoms with Crippen LogP contribution in [0.2, 0.25) is 0 Å². The van der Waals surface area contributed by atoms with Crippen molar-refractivity contribution in [3.63, 3.8) is 0 Å². The van der Waals surface area contributed by atoms with Crippen molar-refractivity contribution >= 4 is 11.6 Å². The van der Waals surface area contributed by atoms with E-state index >= 15 is 0 Å². The molecule has 1 amide bonds. The van der Waals surface area contributed by atoms with Crippen LogP contribution in [0.25, 0.3) is 5.65 Å². The Morgan fingerprint density at radius 1 is 1.26 bits per heavy atom. The van der Waals surface area contributed by atoms with Crippen molar-refractivity contribution in [2.75, 3.05) is 0 Å². The summed E-state index contributed by atoms with van der Waals surface area (Å²) >= 11 is 0. The van der Waals surface area contributed by atoms with Gasteiger partial charge in [0.05, 0.1) is 11.9 Å². The van der Waals surface area contributed by atoms with Crippen LogP contribution in [0, 0.1) is 0 Å². The number of nitrogens with two attached hydrogens (primary N) is 1. The van der Waals surface area contributed by atoms with Gasteiger partial charge in [-0.3, -0.25) is 4.79 Å². The number of rotatable bonds is 5. The Kier molecular flexibility index (Phi) is 4.67. The standard InChI is InChI=1S/C20H19N5O2/c21-13-16-12-19(25-18(23-16)9-10-22-25)27-17-8-4-5-14(11-17)20(26)24-15-6-2-1-3-7-15/h2,4-12H,1,3,13,21H2,(H,24,26). The van der Waals surface area contributed by atoms with E-state index in [4.69, 9.17) is 10.5 Å². The fourth-order valence-electron chi connectivity index (χ4n) is 2.84. The van der Waals surface area contributed by atoms with Crippen LogP contribution in [0.15, 0.2) is 66.5 Å². The molecule has 0 bridgehead atoms. The van der Waals surface area contributed by atoms with Gasteiger partial charge in [0.25, 0.3) is 5.91 Å². The van der Waals surface area contributed by atoms with Crippen LogP contribution in [0.4, 0.5) is 0 Å². The lowest BCUT2D eigenvalue weighted by Gasteiger charge is -2.11. The molecule has 2 heterocycles. The largest absolute Gasteiger partial charge is 0.439 e. The fraction of sp³-hybridized carbons (Fsp3) is 0.150. The molecule has 3 N–H and O–H groups in total. The molecule has 0 unspecified atom stereocenters. The van der Waals surface area contributed by atoms with E-state index in [1.807, 2.05) is 18.2 Å². The maximum atomic E-state index is 12.5. The second-order valence-electron chi connectivity index (χ2n) is 6.11. The van der Waals surface area contributed by atoms with Gasteiger partial charge in [-0.2, -0.15) is 9.61 Å². The molecule has 1 aromatic carbocycles. The van der Waals surface area contributed by atoms with Gasteiger partial charge < -0.3 is 15.8 Å². The Bertz CT molecular complexity index is 1050. The first-order chi connectivity index (χ1) is 13.2. The average Bonchev–Trinajstić information content (AvgIpc) is 3.18. The average molecular weight is 361 g/mol. The zero-order valence-corrected chi connectivity index (χ0v) is 14.6. The number of carbonyl (C=O) groups excluding carboxylic acids is 1. The van der Waals surface area contributed by atoms with Crippen LogP contribution in [0.3, 0.4) is 0 Å². The van der Waals surface area contributed by atoms with E-state index < -0.39 is 0 Å². The smallest absolute Gasteiger partial charge is 0.255 e. The molecule has 3 aromatic rings. The van der Waals surface area contributed by atoms with Gasteiger partial charge in [0.2, 0.25) is 5.88 Å². The van der Waals surface area contributed by atoms with Gasteiger partial charge in [-0.05, 0) is 37.1 Å². The van der Waals surface area contributed by atoms with Gasteiger partial charge in [-0.1, -0.05) is 18.2 Å². The predicted molar refractivity (Wildman–Crippen MR) is 101 cm³/mol. The van der Waals surface area contributed by atoms with E-state index in [0.29, 0.717) is 35.1 Å². The summed E-state index contributed by atoms with van der Waals surface area (Å²) in [6, 6.07) is 10.5. The minimum absolute atomic E-state index is 0.181. The monoisotopic (exact) mass is 361 g/mol. The molecule has 1 aliphatic rings. The van der Waals surface area contributed by atoms with Crippen LogP contribution < -0.4 is 15.8 Å². The highest BCUT2D eigenvalue weighted by Crippen LogP contribution is 2.23. The van der Waals surface area contributed by atoms with E-state index in [1.165, 1.54) is 0 Å². The molecule has 7 heteroatoms. The molecule has 2 aromatic heterocycles. The van der Waals surface area contributed by atoms with Crippen LogP contribution in [0.1, 0.15) is 28.9 Å². The second-order valence-corrected chi connectivity index (χ2v) is 6.11. The third-order valence-electron chi connectivity index (χ3n) is 4.16. The van der Waals surface area contributed by atoms with Crippen LogP contribution in [-0.4, -0.2) is 20.5 Å². The lowest BCUT2D eigenvalue weighted by Crippen LogP contribution is -2.22. The van der Waals surface area contributed by atoms with Crippen LogP contribution in [-0.2, 0) is 6.54 Å². The van der Waals surface area contributed by atoms with Crippen molar-refractivity contribution in [1.82, 2.24) is 19.9 Å². The molecule has 0 saturated carbocycles. The Morgan fingerprint density at radius 3 is 3.00 bits per heavy atom. The number of benzene rings is 1. The Morgan fingerprint density at radius 2 is 2.19 bits per heavy atom. The summed E-state index contributed by atoms with van der Waals surface area (Å²) < 4.78 is 7.56. The number of hydrogen-bond donors (Lipinski definition) is 2. The minimum Gasteiger partial charge on any atom is -0.439 e. The number of allylic oxidation sites excluding steroid dienone is 3. The van der Waals surface area contributed by atoms with E-state index in [0.717, 1.165) is 18.5 Å². The molecule has 0 radical (unpaired) electrons. The van der Waals surface area contributed by atoms with Crippen molar-refractivity contribution in [3.05, 3.63) is 77.8 Å². The predicted octanol–water partition coefficient (Wildman–Crippen LogP) is 2.94. The number of nitrogens with zero attached hydrogens (tertiary/aromatic N) is 3. The maximum absolute atomic E-state index is 12.5. The number of ether oxygens (including phenoxy) is 1. The highest BCUT2D eigenvalue weighted by Gasteiger charge is 2.11. The maximum Gasteiger partial charge on any atom is 0.255 e. The zero-order valence-electron chi connectivity index (χ0n) is 14.6. The van der Waals surface area contributed by atoms with Crippen molar-refractivity contribution in [3.8, 4) is 11.6 Å². The van der Waals surface area contributed by atoms with E-state index in [1.54, 1.807) is 47.1 Å². The van der Waals surface area contributed by atoms with Gasteiger partial charge in [-0.15, -0.1) is 0 Å². The summed E-state index contributed by atoms with van der Waals surface area (Å²) in [4.78, 5) is 16.9. The first kappa shape index (κ1) is 17.0. The first-order valence-electron chi connectivity index (χ1n) is 8.72. The molecule has 0 spiro atoms. The third kappa shape index (κ3) is 3.73. The number of amides is 1. The molecule has 27 heavy (non-hydrogen) atoms. The van der Waals surface area contributed by atoms with Gasteiger partial charge in [0.1, 0.15) is 5.75 Å². The number of aromatic nitrogens is 3. The minimum atomic E-state index is -0.181. The molecule has 1 aliphatic carbocycles. The molecule has 0 saturated heterocycles. The fourth-order valence-corrected chi connectivity index (χ4v) is 2.84. The molecular formula is C20H19N5O2. The van der Waals surface area contributed by atoms with Gasteiger partial charge >= 0.3 is 0 Å². The normalized spacial score (nSPS) is 13.4. The Balaban J connectivity index is 1.58. The summed E-state index contributed by atoms with van der Waals surface area (Å²) in [6.07, 6.45) is 9.55. The lowest BCUT2D eigenvalue weighted by molar-refractivity contribution is 0.0966. The molecule has 0 fully saturated rings. The molecule has 4 rings (SSSR count). The van der Waals surface area contributed by atoms with E-state index in [-0.39, 0.29) is 5.91 Å². The van der Waals surface area contributed by atoms with Gasteiger partial charge in [0, 0.05) is 29.9 Å². The Labute approximate surface area is 156 Å². The lowest BCUT2D eigenvalue weighted by atomic mass is 10.1. The number of nitrogens with one attached hydrogen (secondary N) is 1. The summed E-state index contributed by atoms with van der Waals surface area (Å²) in [5, 5.41) is 7.12. The highest BCUT2D eigenvalue weighted by molar-refractivity contribution is 5.95. The van der Waals surface area contributed by atoms with Crippen molar-refractivity contribution in [1.29, 1.82) is 0 Å². The summed E-state index contributed by atoms with van der Waals surface area (Å²) in [5.74, 6) is 0.836. The van der Waals surface area contributed by atoms with Crippen LogP contribution in [0.5, 0.6) is 11.6 Å². The molecule has 0 atom stereocenters. The highest BCUT2D eigenvalue weighted by atomic mass is 16.5. The molecular weight excluding hydrogens is 342 g/mol. The number of fused-ring (bicyclic) bond motifs is 1. The van der Waals surface area contributed by atoms with Crippen molar-refractivity contribution in [2.45, 2.75) is 19.4 Å². The van der Waals surface area contributed by atoms with E-state index in [2.05, 4.69) is 15.4 Å². The topological polar surface area (TPSA) is 94.5 Å². The SMILES string of the molecule is NCc1cc(Oc2cccc(C(=O)NC3=CCCC=C3)c2)n2nccc2n1. The third-order valence-corrected chi connectivity index (χ3v) is 4.16. The summed E-state index contributed by atoms with van der Waals surface area (Å²) in [5.41, 5.74) is 8.39. The molecule has 136 valence electrons. The molecule has 7 nitrogen and oxygen atoms in total. The van der Waals surface area contributed by atoms with Crippen LogP contribution >= 0.6 is 0 Å². The van der Waals surface area contributed by atoms with Crippen molar-refractivity contribution < 1.29 is 9.53 Å². The number of carbonyl (C=O) groups is 1. The first-order valence-corrected chi connectivity index (χ1v) is 8.72. The quantitative estimate of drug-likeness (QED) is 0.729. The zero-order chi connectivity index (χ0) is 18.6. The van der Waals surface area contributed by atoms with E-state index in [9.17, 15) is 4.79 Å².